The molecule has 0 fully saturated rings. The van der Waals surface area contributed by atoms with E-state index >= 15 is 0 Å². The lowest BCUT2D eigenvalue weighted by Crippen LogP contribution is -2.26. The third-order valence-corrected chi connectivity index (χ3v) is 5.64. The van der Waals surface area contributed by atoms with E-state index in [1.165, 1.54) is 11.3 Å². The Morgan fingerprint density at radius 1 is 1.12 bits per heavy atom. The van der Waals surface area contributed by atoms with Crippen molar-refractivity contribution >= 4 is 54.9 Å². The number of fused-ring (bicyclic) bond motifs is 2. The van der Waals surface area contributed by atoms with Crippen LogP contribution in [-0.4, -0.2) is 11.8 Å². The highest BCUT2D eigenvalue weighted by atomic mass is 32.1. The first-order chi connectivity index (χ1) is 12.1. The predicted molar refractivity (Wildman–Crippen MR) is 97.5 cm³/mol. The van der Waals surface area contributed by atoms with Crippen LogP contribution in [-0.2, 0) is 0 Å². The molecule has 3 aromatic heterocycles. The molecule has 2 amide bonds. The van der Waals surface area contributed by atoms with Crippen molar-refractivity contribution in [3.63, 3.8) is 0 Å². The summed E-state index contributed by atoms with van der Waals surface area (Å²) in [6.07, 6.45) is 0. The van der Waals surface area contributed by atoms with E-state index in [9.17, 15) is 9.59 Å². The highest BCUT2D eigenvalue weighted by Crippen LogP contribution is 2.29. The lowest BCUT2D eigenvalue weighted by molar-refractivity contribution is 0.0950. The second-order valence-corrected chi connectivity index (χ2v) is 7.21. The molecule has 124 valence electrons. The number of hydrogen-bond acceptors (Lipinski definition) is 6. The molecule has 4 aromatic rings. The van der Waals surface area contributed by atoms with Gasteiger partial charge < -0.3 is 10.2 Å². The number of primary amides is 1. The molecule has 3 heterocycles. The van der Waals surface area contributed by atoms with E-state index in [0.717, 1.165) is 14.8 Å². The molecule has 6 nitrogen and oxygen atoms in total. The Morgan fingerprint density at radius 3 is 2.76 bits per heavy atom. The number of rotatable bonds is 3. The second kappa shape index (κ2) is 6.15. The van der Waals surface area contributed by atoms with Crippen LogP contribution in [0.2, 0.25) is 0 Å². The first kappa shape index (κ1) is 15.6. The molecule has 8 heteroatoms. The molecular formula is C17H11N3O3S2. The van der Waals surface area contributed by atoms with Crippen LogP contribution in [0.5, 0.6) is 0 Å². The summed E-state index contributed by atoms with van der Waals surface area (Å²) in [4.78, 5) is 24.5. The fraction of sp³-hybridized carbons (Fsp3) is 0. The molecule has 0 spiro atoms. The van der Waals surface area contributed by atoms with Gasteiger partial charge in [-0.3, -0.25) is 9.59 Å². The molecule has 0 radical (unpaired) electrons. The molecule has 1 aromatic carbocycles. The monoisotopic (exact) mass is 369 g/mol. The van der Waals surface area contributed by atoms with Crippen molar-refractivity contribution < 1.29 is 14.0 Å². The summed E-state index contributed by atoms with van der Waals surface area (Å²) in [6, 6.07) is 12.5. The van der Waals surface area contributed by atoms with E-state index in [0.29, 0.717) is 10.5 Å². The molecular weight excluding hydrogens is 358 g/mol. The number of carbonyl (C=O) groups excluding carboxylic acids is 2. The zero-order valence-electron chi connectivity index (χ0n) is 12.7. The second-order valence-electron chi connectivity index (χ2n) is 5.18. The summed E-state index contributed by atoms with van der Waals surface area (Å²) in [7, 11) is 0. The number of thiophene rings is 2. The highest BCUT2D eigenvalue weighted by molar-refractivity contribution is 7.27. The van der Waals surface area contributed by atoms with Crippen molar-refractivity contribution in [2.24, 2.45) is 10.8 Å². The van der Waals surface area contributed by atoms with Gasteiger partial charge in [0.25, 0.3) is 11.8 Å². The van der Waals surface area contributed by atoms with Crippen LogP contribution in [0.25, 0.3) is 20.4 Å². The minimum atomic E-state index is -0.681. The van der Waals surface area contributed by atoms with Gasteiger partial charge in [-0.25, -0.2) is 5.43 Å². The van der Waals surface area contributed by atoms with E-state index in [2.05, 4.69) is 10.5 Å². The summed E-state index contributed by atoms with van der Waals surface area (Å²) >= 11 is 2.94. The van der Waals surface area contributed by atoms with Crippen LogP contribution in [0.3, 0.4) is 0 Å². The summed E-state index contributed by atoms with van der Waals surface area (Å²) in [5.41, 5.74) is 8.43. The molecule has 4 rings (SSSR count). The number of benzene rings is 1. The largest absolute Gasteiger partial charge is 0.436 e. The quantitative estimate of drug-likeness (QED) is 0.543. The highest BCUT2D eigenvalue weighted by Gasteiger charge is 2.12. The van der Waals surface area contributed by atoms with Gasteiger partial charge in [-0.05, 0) is 29.6 Å². The Morgan fingerprint density at radius 2 is 1.96 bits per heavy atom. The number of nitrogens with zero attached hydrogens (tertiary/aromatic N) is 1. The normalized spacial score (nSPS) is 11.9. The third kappa shape index (κ3) is 2.92. The van der Waals surface area contributed by atoms with Crippen molar-refractivity contribution in [3.8, 4) is 0 Å². The van der Waals surface area contributed by atoms with Gasteiger partial charge in [0.05, 0.1) is 4.88 Å². The number of carbonyl (C=O) groups is 2. The minimum Gasteiger partial charge on any atom is -0.436 e. The van der Waals surface area contributed by atoms with Crippen LogP contribution < -0.4 is 16.7 Å². The van der Waals surface area contributed by atoms with E-state index in [-0.39, 0.29) is 17.0 Å². The Bertz CT molecular complexity index is 1160. The number of hydrogen-bond donors (Lipinski definition) is 2. The first-order valence-electron chi connectivity index (χ1n) is 7.25. The molecule has 0 aliphatic heterocycles. The standard InChI is InChI=1S/C17H11N3O3S2/c18-15(21)10-7-9-3-1-2-4-11(9)23-17(10)20-19-16(22)14-8-13-12(25-14)5-6-24-13/h1-8H,(H2,18,21)(H,19,22). The summed E-state index contributed by atoms with van der Waals surface area (Å²) in [6.45, 7) is 0. The maximum absolute atomic E-state index is 12.3. The maximum atomic E-state index is 12.3. The van der Waals surface area contributed by atoms with Crippen molar-refractivity contribution in [1.29, 1.82) is 0 Å². The van der Waals surface area contributed by atoms with Crippen molar-refractivity contribution in [1.82, 2.24) is 5.43 Å². The Kier molecular flexibility index (Phi) is 3.83. The van der Waals surface area contributed by atoms with Gasteiger partial charge in [-0.15, -0.1) is 27.8 Å². The van der Waals surface area contributed by atoms with Crippen LogP contribution in [0.4, 0.5) is 0 Å². The van der Waals surface area contributed by atoms with Crippen LogP contribution in [0.1, 0.15) is 20.0 Å². The van der Waals surface area contributed by atoms with E-state index in [1.54, 1.807) is 35.6 Å². The fourth-order valence-corrected chi connectivity index (χ4v) is 4.36. The SMILES string of the molecule is NC(=O)c1cc2ccccc2oc1=NNC(=O)c1cc2sccc2s1. The van der Waals surface area contributed by atoms with Crippen LogP contribution in [0, 0.1) is 0 Å². The van der Waals surface area contributed by atoms with Crippen molar-refractivity contribution in [2.45, 2.75) is 0 Å². The number of nitrogens with one attached hydrogen (secondary N) is 1. The van der Waals surface area contributed by atoms with Gasteiger partial charge in [0.1, 0.15) is 11.1 Å². The van der Waals surface area contributed by atoms with Gasteiger partial charge in [-0.1, -0.05) is 18.2 Å². The van der Waals surface area contributed by atoms with Gasteiger partial charge in [0.2, 0.25) is 5.55 Å². The van der Waals surface area contributed by atoms with Crippen molar-refractivity contribution in [2.75, 3.05) is 0 Å². The number of para-hydroxylation sites is 1. The molecule has 0 bridgehead atoms. The van der Waals surface area contributed by atoms with Gasteiger partial charge >= 0.3 is 0 Å². The molecule has 0 atom stereocenters. The Hall–Kier alpha value is -2.97. The Labute approximate surface area is 149 Å². The molecule has 0 saturated carbocycles. The van der Waals surface area contributed by atoms with Gasteiger partial charge in [-0.2, -0.15) is 0 Å². The van der Waals surface area contributed by atoms with Gasteiger partial charge in [0, 0.05) is 14.8 Å². The number of amides is 2. The molecule has 0 unspecified atom stereocenters. The lowest BCUT2D eigenvalue weighted by Gasteiger charge is -2.02. The average molecular weight is 369 g/mol. The molecule has 0 saturated heterocycles. The average Bonchev–Trinajstić information content (AvgIpc) is 3.20. The van der Waals surface area contributed by atoms with E-state index < -0.39 is 5.91 Å². The first-order valence-corrected chi connectivity index (χ1v) is 8.95. The zero-order chi connectivity index (χ0) is 17.4. The summed E-state index contributed by atoms with van der Waals surface area (Å²) in [5, 5.41) is 6.65. The molecule has 3 N–H and O–H groups in total. The number of nitrogens with two attached hydrogens (primary N) is 1. The summed E-state index contributed by atoms with van der Waals surface area (Å²) in [5.74, 6) is -1.05. The van der Waals surface area contributed by atoms with E-state index in [1.807, 2.05) is 23.6 Å². The van der Waals surface area contributed by atoms with Gasteiger partial charge in [0.15, 0.2) is 0 Å². The third-order valence-electron chi connectivity index (χ3n) is 3.54. The topological polar surface area (TPSA) is 97.7 Å². The van der Waals surface area contributed by atoms with Crippen LogP contribution >= 0.6 is 22.7 Å². The Balaban J connectivity index is 1.72. The molecule has 0 aliphatic carbocycles. The van der Waals surface area contributed by atoms with Crippen molar-refractivity contribution in [3.05, 3.63) is 63.8 Å². The zero-order valence-corrected chi connectivity index (χ0v) is 14.3. The fourth-order valence-electron chi connectivity index (χ4n) is 2.36. The van der Waals surface area contributed by atoms with E-state index in [4.69, 9.17) is 10.2 Å². The smallest absolute Gasteiger partial charge is 0.281 e. The molecule has 25 heavy (non-hydrogen) atoms. The summed E-state index contributed by atoms with van der Waals surface area (Å²) < 4.78 is 7.70. The lowest BCUT2D eigenvalue weighted by atomic mass is 10.2. The predicted octanol–water partition coefficient (Wildman–Crippen LogP) is 3.05. The van der Waals surface area contributed by atoms with Crippen LogP contribution in [0.15, 0.2) is 57.4 Å². The minimum absolute atomic E-state index is 0.0297. The molecule has 0 aliphatic rings. The maximum Gasteiger partial charge on any atom is 0.281 e.